The van der Waals surface area contributed by atoms with Gasteiger partial charge in [0.05, 0.1) is 11.3 Å². The number of hydrogen-bond acceptors (Lipinski definition) is 6. The van der Waals surface area contributed by atoms with Gasteiger partial charge >= 0.3 is 0 Å². The van der Waals surface area contributed by atoms with Crippen molar-refractivity contribution < 1.29 is 9.57 Å². The van der Waals surface area contributed by atoms with Crippen molar-refractivity contribution in [3.8, 4) is 11.6 Å². The van der Waals surface area contributed by atoms with E-state index in [1.165, 1.54) is 5.56 Å². The van der Waals surface area contributed by atoms with Gasteiger partial charge in [0, 0.05) is 16.9 Å². The number of fused-ring (bicyclic) bond motifs is 6. The summed E-state index contributed by atoms with van der Waals surface area (Å²) in [5.41, 5.74) is 6.77. The standard InChI is InChI=1S/C32H25N5O2/c1-20-12-14-22(15-13-20)21(2)36-38-18-27-34-31-29-28(24-9-4-3-5-10-24)26-17-16-23-8-6-7-11-25(23)30(26)39-32(29)33-19-37(31)35-27/h3-17,19,28H,18H2,1-2H3/b36-21+/t28-/m0/s1. The largest absolute Gasteiger partial charge is 0.438 e. The van der Waals surface area contributed by atoms with Crippen molar-refractivity contribution in [1.82, 2.24) is 19.6 Å². The highest BCUT2D eigenvalue weighted by Crippen LogP contribution is 2.50. The Morgan fingerprint density at radius 3 is 2.59 bits per heavy atom. The fourth-order valence-corrected chi connectivity index (χ4v) is 5.18. The van der Waals surface area contributed by atoms with E-state index in [-0.39, 0.29) is 12.5 Å². The molecule has 190 valence electrons. The quantitative estimate of drug-likeness (QED) is 0.187. The highest BCUT2D eigenvalue weighted by atomic mass is 16.6. The predicted molar refractivity (Wildman–Crippen MR) is 150 cm³/mol. The van der Waals surface area contributed by atoms with Gasteiger partial charge in [-0.3, -0.25) is 0 Å². The van der Waals surface area contributed by atoms with Crippen molar-refractivity contribution in [2.24, 2.45) is 5.16 Å². The van der Waals surface area contributed by atoms with Crippen LogP contribution in [0.15, 0.2) is 102 Å². The van der Waals surface area contributed by atoms with Gasteiger partial charge in [-0.2, -0.15) is 0 Å². The fraction of sp³-hybridized carbons (Fsp3) is 0.125. The van der Waals surface area contributed by atoms with Crippen LogP contribution < -0.4 is 4.74 Å². The molecular weight excluding hydrogens is 486 g/mol. The second-order valence-corrected chi connectivity index (χ2v) is 9.73. The van der Waals surface area contributed by atoms with Crippen molar-refractivity contribution in [1.29, 1.82) is 0 Å². The van der Waals surface area contributed by atoms with Gasteiger partial charge in [-0.15, -0.1) is 5.10 Å². The summed E-state index contributed by atoms with van der Waals surface area (Å²) in [6.07, 6.45) is 1.64. The summed E-state index contributed by atoms with van der Waals surface area (Å²) in [6.45, 7) is 4.12. The number of aryl methyl sites for hydroxylation is 1. The molecule has 7 heteroatoms. The van der Waals surface area contributed by atoms with Gasteiger partial charge in [0.25, 0.3) is 0 Å². The molecule has 0 aliphatic carbocycles. The van der Waals surface area contributed by atoms with Crippen LogP contribution in [-0.4, -0.2) is 25.3 Å². The van der Waals surface area contributed by atoms with Crippen molar-refractivity contribution >= 4 is 22.1 Å². The number of nitrogens with zero attached hydrogens (tertiary/aromatic N) is 5. The summed E-state index contributed by atoms with van der Waals surface area (Å²) >= 11 is 0. The van der Waals surface area contributed by atoms with Crippen LogP contribution >= 0.6 is 0 Å². The summed E-state index contributed by atoms with van der Waals surface area (Å²) in [5, 5.41) is 11.1. The van der Waals surface area contributed by atoms with Gasteiger partial charge in [-0.05, 0) is 30.4 Å². The Morgan fingerprint density at radius 1 is 0.949 bits per heavy atom. The SMILES string of the molecule is C/C(=N\OCc1nc2c3c(ncn2n1)Oc1c(ccc2ccccc12)[C@@H]3c1ccccc1)c1ccc(C)cc1. The summed E-state index contributed by atoms with van der Waals surface area (Å²) in [6, 6.07) is 31.1. The van der Waals surface area contributed by atoms with E-state index in [9.17, 15) is 0 Å². The third-order valence-electron chi connectivity index (χ3n) is 7.14. The van der Waals surface area contributed by atoms with E-state index in [4.69, 9.17) is 14.6 Å². The molecule has 0 amide bonds. The first-order valence-corrected chi connectivity index (χ1v) is 12.9. The van der Waals surface area contributed by atoms with Crippen molar-refractivity contribution in [3.05, 3.63) is 131 Å². The molecule has 6 aromatic rings. The van der Waals surface area contributed by atoms with Gasteiger partial charge in [-0.1, -0.05) is 102 Å². The Morgan fingerprint density at radius 2 is 1.74 bits per heavy atom. The summed E-state index contributed by atoms with van der Waals surface area (Å²) in [7, 11) is 0. The maximum absolute atomic E-state index is 6.48. The number of ether oxygens (including phenoxy) is 1. The van der Waals surface area contributed by atoms with Crippen LogP contribution in [0.2, 0.25) is 0 Å². The molecule has 0 N–H and O–H groups in total. The molecule has 0 unspecified atom stereocenters. The fourth-order valence-electron chi connectivity index (χ4n) is 5.18. The normalized spacial score (nSPS) is 14.6. The molecule has 1 aliphatic rings. The smallest absolute Gasteiger partial charge is 0.228 e. The van der Waals surface area contributed by atoms with Crippen LogP contribution in [0, 0.1) is 6.92 Å². The minimum absolute atomic E-state index is 0.120. The molecule has 0 radical (unpaired) electrons. The lowest BCUT2D eigenvalue weighted by Gasteiger charge is -2.28. The molecule has 0 saturated heterocycles. The highest BCUT2D eigenvalue weighted by molar-refractivity contribution is 5.98. The molecular formula is C32H25N5O2. The van der Waals surface area contributed by atoms with Crippen LogP contribution in [0.4, 0.5) is 0 Å². The molecule has 1 atom stereocenters. The van der Waals surface area contributed by atoms with Gasteiger partial charge < -0.3 is 9.57 Å². The van der Waals surface area contributed by atoms with E-state index in [0.29, 0.717) is 17.4 Å². The maximum atomic E-state index is 6.48. The zero-order valence-electron chi connectivity index (χ0n) is 21.6. The summed E-state index contributed by atoms with van der Waals surface area (Å²) in [5.74, 6) is 1.76. The summed E-state index contributed by atoms with van der Waals surface area (Å²) < 4.78 is 8.18. The summed E-state index contributed by atoms with van der Waals surface area (Å²) in [4.78, 5) is 15.2. The Bertz CT molecular complexity index is 1860. The topological polar surface area (TPSA) is 73.9 Å². The van der Waals surface area contributed by atoms with Gasteiger partial charge in [0.2, 0.25) is 5.88 Å². The molecule has 39 heavy (non-hydrogen) atoms. The van der Waals surface area contributed by atoms with Crippen LogP contribution in [0.25, 0.3) is 16.4 Å². The number of aromatic nitrogens is 4. The van der Waals surface area contributed by atoms with E-state index in [1.54, 1.807) is 10.8 Å². The van der Waals surface area contributed by atoms with Gasteiger partial charge in [-0.25, -0.2) is 14.5 Å². The zero-order valence-corrected chi connectivity index (χ0v) is 21.6. The molecule has 7 rings (SSSR count). The average Bonchev–Trinajstić information content (AvgIpc) is 3.40. The molecule has 4 aromatic carbocycles. The lowest BCUT2D eigenvalue weighted by Crippen LogP contribution is -2.15. The Labute approximate surface area is 225 Å². The highest BCUT2D eigenvalue weighted by Gasteiger charge is 2.34. The molecule has 0 spiro atoms. The Balaban J connectivity index is 1.29. The average molecular weight is 512 g/mol. The molecule has 0 bridgehead atoms. The Kier molecular flexibility index (Phi) is 5.55. The van der Waals surface area contributed by atoms with Crippen LogP contribution in [0.1, 0.15) is 46.5 Å². The van der Waals surface area contributed by atoms with Gasteiger partial charge in [0.15, 0.2) is 18.1 Å². The Hall–Kier alpha value is -5.04. The van der Waals surface area contributed by atoms with Crippen LogP contribution in [0.3, 0.4) is 0 Å². The lowest BCUT2D eigenvalue weighted by atomic mass is 9.83. The third kappa shape index (κ3) is 4.08. The van der Waals surface area contributed by atoms with E-state index < -0.39 is 0 Å². The van der Waals surface area contributed by atoms with Crippen molar-refractivity contribution in [2.75, 3.05) is 0 Å². The molecule has 2 aromatic heterocycles. The van der Waals surface area contributed by atoms with Gasteiger partial charge in [0.1, 0.15) is 12.1 Å². The number of hydrogen-bond donors (Lipinski definition) is 0. The first-order valence-electron chi connectivity index (χ1n) is 12.9. The van der Waals surface area contributed by atoms with E-state index in [1.807, 2.05) is 37.3 Å². The van der Waals surface area contributed by atoms with Crippen LogP contribution in [0.5, 0.6) is 11.6 Å². The number of oxime groups is 1. The van der Waals surface area contributed by atoms with Crippen molar-refractivity contribution in [2.45, 2.75) is 26.4 Å². The minimum Gasteiger partial charge on any atom is -0.438 e. The molecule has 0 fully saturated rings. The van der Waals surface area contributed by atoms with E-state index in [2.05, 4.69) is 82.8 Å². The minimum atomic E-state index is -0.120. The maximum Gasteiger partial charge on any atom is 0.228 e. The molecule has 7 nitrogen and oxygen atoms in total. The van der Waals surface area contributed by atoms with Crippen LogP contribution in [-0.2, 0) is 11.4 Å². The third-order valence-corrected chi connectivity index (χ3v) is 7.14. The number of rotatable bonds is 5. The predicted octanol–water partition coefficient (Wildman–Crippen LogP) is 6.81. The molecule has 3 heterocycles. The monoisotopic (exact) mass is 511 g/mol. The first kappa shape index (κ1) is 23.1. The zero-order chi connectivity index (χ0) is 26.3. The second-order valence-electron chi connectivity index (χ2n) is 9.73. The number of benzene rings is 4. The van der Waals surface area contributed by atoms with Crippen molar-refractivity contribution in [3.63, 3.8) is 0 Å². The van der Waals surface area contributed by atoms with E-state index in [0.717, 1.165) is 44.5 Å². The lowest BCUT2D eigenvalue weighted by molar-refractivity contribution is 0.125. The molecule has 1 aliphatic heterocycles. The first-order chi connectivity index (χ1) is 19.2. The van der Waals surface area contributed by atoms with E-state index >= 15 is 0 Å². The second kappa shape index (κ2) is 9.36. The molecule has 0 saturated carbocycles.